The van der Waals surface area contributed by atoms with E-state index in [9.17, 15) is 4.79 Å². The summed E-state index contributed by atoms with van der Waals surface area (Å²) in [5.74, 6) is 0.0516. The lowest BCUT2D eigenvalue weighted by atomic mass is 10.2. The summed E-state index contributed by atoms with van der Waals surface area (Å²) in [6.07, 6.45) is 1.81. The highest BCUT2D eigenvalue weighted by Gasteiger charge is 2.27. The minimum atomic E-state index is -0.506. The Morgan fingerprint density at radius 1 is 1.56 bits per heavy atom. The SMILES string of the molecule is CN1CCCc2nnn(P(P)PP)c2C1=O. The van der Waals surface area contributed by atoms with E-state index in [1.54, 1.807) is 9.35 Å². The number of aryl methyl sites for hydroxylation is 1. The Morgan fingerprint density at radius 3 is 3.00 bits per heavy atom. The maximum atomic E-state index is 12.2. The number of hydrogen-bond donors (Lipinski definition) is 0. The molecule has 88 valence electrons. The lowest BCUT2D eigenvalue weighted by Crippen LogP contribution is -2.27. The van der Waals surface area contributed by atoms with Crippen molar-refractivity contribution in [2.75, 3.05) is 13.6 Å². The summed E-state index contributed by atoms with van der Waals surface area (Å²) in [5.41, 5.74) is 1.55. The molecule has 16 heavy (non-hydrogen) atoms. The van der Waals surface area contributed by atoms with E-state index >= 15 is 0 Å². The van der Waals surface area contributed by atoms with Gasteiger partial charge in [0.2, 0.25) is 0 Å². The van der Waals surface area contributed by atoms with Gasteiger partial charge >= 0.3 is 0 Å². The molecule has 5 nitrogen and oxygen atoms in total. The molecule has 0 bridgehead atoms. The van der Waals surface area contributed by atoms with Crippen LogP contribution in [0, 0.1) is 0 Å². The van der Waals surface area contributed by atoms with Crippen molar-refractivity contribution in [2.24, 2.45) is 0 Å². The van der Waals surface area contributed by atoms with Gasteiger partial charge in [-0.05, 0) is 20.8 Å². The predicted molar refractivity (Wildman–Crippen MR) is 75.4 cm³/mol. The zero-order chi connectivity index (χ0) is 11.7. The number of carbonyl (C=O) groups is 1. The standard InChI is InChI=1S/C7H14N4OP4/c1-10-4-2-3-5-6(7(10)12)11(9-8-5)16(14)15-13/h15H,2-4,13-14H2,1H3. The van der Waals surface area contributed by atoms with Gasteiger partial charge in [0.05, 0.1) is 13.1 Å². The van der Waals surface area contributed by atoms with Crippen LogP contribution < -0.4 is 0 Å². The third kappa shape index (κ3) is 2.29. The van der Waals surface area contributed by atoms with Gasteiger partial charge in [0.1, 0.15) is 0 Å². The van der Waals surface area contributed by atoms with Crippen molar-refractivity contribution in [1.29, 1.82) is 0 Å². The molecule has 2 heterocycles. The second kappa shape index (κ2) is 5.32. The molecule has 0 aromatic carbocycles. The summed E-state index contributed by atoms with van der Waals surface area (Å²) in [7, 11) is 7.46. The molecule has 0 radical (unpaired) electrons. The molecular weight excluding hydrogens is 280 g/mol. The maximum Gasteiger partial charge on any atom is 0.274 e. The minimum Gasteiger partial charge on any atom is -0.340 e. The van der Waals surface area contributed by atoms with Gasteiger partial charge in [0.25, 0.3) is 5.91 Å². The Balaban J connectivity index is 2.45. The Morgan fingerprint density at radius 2 is 2.31 bits per heavy atom. The van der Waals surface area contributed by atoms with E-state index in [1.165, 1.54) is 0 Å². The molecule has 0 saturated heterocycles. The number of fused-ring (bicyclic) bond motifs is 1. The number of hydrogen-bond acceptors (Lipinski definition) is 3. The van der Waals surface area contributed by atoms with E-state index < -0.39 is 7.45 Å². The van der Waals surface area contributed by atoms with Crippen molar-refractivity contribution in [3.8, 4) is 0 Å². The third-order valence-electron chi connectivity index (χ3n) is 2.52. The van der Waals surface area contributed by atoms with Crippen molar-refractivity contribution >= 4 is 39.2 Å². The van der Waals surface area contributed by atoms with Crippen molar-refractivity contribution in [3.63, 3.8) is 0 Å². The summed E-state index contributed by atoms with van der Waals surface area (Å²) in [4.78, 5) is 13.9. The summed E-state index contributed by atoms with van der Waals surface area (Å²) < 4.78 is 1.80. The quantitative estimate of drug-likeness (QED) is 0.780. The summed E-state index contributed by atoms with van der Waals surface area (Å²) in [6.45, 7) is 0.799. The first-order valence-corrected chi connectivity index (χ1v) is 11.4. The maximum absolute atomic E-state index is 12.2. The molecule has 0 spiro atoms. The highest BCUT2D eigenvalue weighted by Crippen LogP contribution is 2.66. The fourth-order valence-corrected chi connectivity index (χ4v) is 4.52. The van der Waals surface area contributed by atoms with Crippen LogP contribution in [0.25, 0.3) is 0 Å². The first-order valence-electron chi connectivity index (χ1n) is 4.86. The van der Waals surface area contributed by atoms with Gasteiger partial charge in [-0.3, -0.25) is 4.79 Å². The van der Waals surface area contributed by atoms with Gasteiger partial charge in [-0.1, -0.05) is 14.1 Å². The third-order valence-corrected chi connectivity index (χ3v) is 11.9. The van der Waals surface area contributed by atoms with Crippen LogP contribution in [0.2, 0.25) is 0 Å². The zero-order valence-corrected chi connectivity index (χ0v) is 13.1. The van der Waals surface area contributed by atoms with Gasteiger partial charge in [0, 0.05) is 13.6 Å². The van der Waals surface area contributed by atoms with Gasteiger partial charge in [-0.25, -0.2) is 4.45 Å². The molecule has 0 aliphatic carbocycles. The van der Waals surface area contributed by atoms with Crippen molar-refractivity contribution in [3.05, 3.63) is 11.4 Å². The highest BCUT2D eigenvalue weighted by molar-refractivity contribution is 8.60. The van der Waals surface area contributed by atoms with Crippen molar-refractivity contribution < 1.29 is 4.79 Å². The number of aromatic nitrogens is 3. The molecule has 4 atom stereocenters. The van der Waals surface area contributed by atoms with Crippen LogP contribution >= 0.6 is 33.3 Å². The smallest absolute Gasteiger partial charge is 0.274 e. The van der Waals surface area contributed by atoms with E-state index in [2.05, 4.69) is 28.2 Å². The number of amides is 1. The van der Waals surface area contributed by atoms with Crippen LogP contribution in [0.4, 0.5) is 0 Å². The van der Waals surface area contributed by atoms with Crippen LogP contribution in [-0.4, -0.2) is 39.2 Å². The van der Waals surface area contributed by atoms with Gasteiger partial charge in [0.15, 0.2) is 5.69 Å². The molecule has 0 N–H and O–H groups in total. The molecule has 1 aliphatic heterocycles. The molecule has 1 aromatic heterocycles. The normalized spacial score (nSPS) is 18.9. The Hall–Kier alpha value is 0.330. The topological polar surface area (TPSA) is 51.0 Å². The Kier molecular flexibility index (Phi) is 4.25. The predicted octanol–water partition coefficient (Wildman–Crippen LogP) is 1.72. The van der Waals surface area contributed by atoms with Crippen LogP contribution in [0.1, 0.15) is 22.6 Å². The second-order valence-electron chi connectivity index (χ2n) is 3.58. The van der Waals surface area contributed by atoms with Crippen LogP contribution in [0.3, 0.4) is 0 Å². The second-order valence-corrected chi connectivity index (χ2v) is 12.4. The molecule has 0 saturated carbocycles. The van der Waals surface area contributed by atoms with Gasteiger partial charge < -0.3 is 4.90 Å². The average molecular weight is 294 g/mol. The summed E-state index contributed by atoms with van der Waals surface area (Å²) >= 11 is 0. The lowest BCUT2D eigenvalue weighted by molar-refractivity contribution is 0.0793. The summed E-state index contributed by atoms with van der Waals surface area (Å²) in [5, 5.41) is 8.25. The van der Waals surface area contributed by atoms with E-state index in [4.69, 9.17) is 0 Å². The van der Waals surface area contributed by atoms with E-state index in [1.807, 2.05) is 7.05 Å². The molecule has 9 heteroatoms. The number of rotatable bonds is 2. The number of nitrogens with zero attached hydrogens (tertiary/aromatic N) is 4. The van der Waals surface area contributed by atoms with Crippen LogP contribution in [0.15, 0.2) is 0 Å². The molecule has 1 aromatic rings. The largest absolute Gasteiger partial charge is 0.340 e. The fraction of sp³-hybridized carbons (Fsp3) is 0.571. The fourth-order valence-electron chi connectivity index (χ4n) is 1.65. The van der Waals surface area contributed by atoms with Crippen LogP contribution in [0.5, 0.6) is 0 Å². The van der Waals surface area contributed by atoms with Gasteiger partial charge in [-0.15, -0.1) is 14.0 Å². The van der Waals surface area contributed by atoms with Crippen molar-refractivity contribution in [1.82, 2.24) is 19.7 Å². The average Bonchev–Trinajstić information content (AvgIpc) is 2.65. The summed E-state index contributed by atoms with van der Waals surface area (Å²) in [6, 6.07) is 0. The monoisotopic (exact) mass is 294 g/mol. The lowest BCUT2D eigenvalue weighted by Gasteiger charge is -2.16. The zero-order valence-electron chi connectivity index (χ0n) is 8.92. The first kappa shape index (κ1) is 12.8. The molecule has 0 fully saturated rings. The van der Waals surface area contributed by atoms with Crippen molar-refractivity contribution in [2.45, 2.75) is 12.8 Å². The minimum absolute atomic E-state index is 0.0516. The Bertz CT molecular complexity index is 409. The van der Waals surface area contributed by atoms with E-state index in [0.717, 1.165) is 25.1 Å². The molecular formula is C7H14N4OP4. The van der Waals surface area contributed by atoms with Gasteiger partial charge in [-0.2, -0.15) is 0 Å². The molecule has 2 rings (SSSR count). The molecule has 4 unspecified atom stereocenters. The molecule has 1 amide bonds. The van der Waals surface area contributed by atoms with E-state index in [-0.39, 0.29) is 5.91 Å². The number of carbonyl (C=O) groups excluding carboxylic acids is 1. The Labute approximate surface area is 102 Å². The highest BCUT2D eigenvalue weighted by atomic mass is 32.6. The van der Waals surface area contributed by atoms with E-state index in [0.29, 0.717) is 13.7 Å². The first-order chi connectivity index (χ1) is 7.65. The van der Waals surface area contributed by atoms with Crippen LogP contribution in [-0.2, 0) is 6.42 Å². The molecule has 1 aliphatic rings.